The summed E-state index contributed by atoms with van der Waals surface area (Å²) in [7, 11) is 1.69. The van der Waals surface area contributed by atoms with Gasteiger partial charge in [0.15, 0.2) is 0 Å². The first-order chi connectivity index (χ1) is 13.2. The lowest BCUT2D eigenvalue weighted by molar-refractivity contribution is -0.128. The van der Waals surface area contributed by atoms with Crippen molar-refractivity contribution in [2.75, 3.05) is 7.11 Å². The van der Waals surface area contributed by atoms with Gasteiger partial charge in [0.05, 0.1) is 6.10 Å². The number of rotatable bonds is 4. The van der Waals surface area contributed by atoms with Gasteiger partial charge in [-0.3, -0.25) is 4.79 Å². The SMILES string of the molecule is CO[C@@H]1C[C@@H](C(=O)NC2CCC(n3ccc4cccnc43)CC2)CC[C@H]1N. The Hall–Kier alpha value is -1.92. The molecule has 0 bridgehead atoms. The Labute approximate surface area is 160 Å². The molecule has 4 rings (SSSR count). The summed E-state index contributed by atoms with van der Waals surface area (Å²) in [6.45, 7) is 0. The van der Waals surface area contributed by atoms with E-state index >= 15 is 0 Å². The van der Waals surface area contributed by atoms with E-state index in [0.717, 1.165) is 50.6 Å². The topological polar surface area (TPSA) is 82.2 Å². The fraction of sp³-hybridized carbons (Fsp3) is 0.619. The lowest BCUT2D eigenvalue weighted by Gasteiger charge is -2.35. The molecule has 6 nitrogen and oxygen atoms in total. The van der Waals surface area contributed by atoms with Crippen LogP contribution in [0.2, 0.25) is 0 Å². The van der Waals surface area contributed by atoms with Gasteiger partial charge in [-0.25, -0.2) is 4.98 Å². The fourth-order valence-corrected chi connectivity index (χ4v) is 4.76. The maximum atomic E-state index is 12.7. The number of hydrogen-bond donors (Lipinski definition) is 2. The average molecular weight is 370 g/mol. The number of pyridine rings is 1. The highest BCUT2D eigenvalue weighted by Crippen LogP contribution is 2.32. The number of aromatic nitrogens is 2. The van der Waals surface area contributed by atoms with Crippen LogP contribution in [0, 0.1) is 5.92 Å². The van der Waals surface area contributed by atoms with E-state index in [1.165, 1.54) is 5.39 Å². The average Bonchev–Trinajstić information content (AvgIpc) is 3.13. The molecule has 0 aliphatic heterocycles. The Bertz CT molecular complexity index is 781. The number of amides is 1. The second-order valence-corrected chi connectivity index (χ2v) is 8.10. The molecule has 0 spiro atoms. The van der Waals surface area contributed by atoms with Gasteiger partial charge in [-0.1, -0.05) is 0 Å². The summed E-state index contributed by atoms with van der Waals surface area (Å²) in [5, 5.41) is 4.48. The number of carbonyl (C=O) groups is 1. The van der Waals surface area contributed by atoms with Gasteiger partial charge >= 0.3 is 0 Å². The number of hydrogen-bond acceptors (Lipinski definition) is 4. The minimum Gasteiger partial charge on any atom is -0.380 e. The number of nitrogens with zero attached hydrogens (tertiary/aromatic N) is 2. The number of methoxy groups -OCH3 is 1. The van der Waals surface area contributed by atoms with E-state index in [1.807, 2.05) is 12.3 Å². The van der Waals surface area contributed by atoms with Crippen LogP contribution in [0.5, 0.6) is 0 Å². The van der Waals surface area contributed by atoms with Gasteiger partial charge in [0.2, 0.25) is 5.91 Å². The van der Waals surface area contributed by atoms with Gasteiger partial charge in [-0.2, -0.15) is 0 Å². The highest BCUT2D eigenvalue weighted by Gasteiger charge is 2.33. The Morgan fingerprint density at radius 1 is 1.22 bits per heavy atom. The van der Waals surface area contributed by atoms with Crippen molar-refractivity contribution in [3.8, 4) is 0 Å². The summed E-state index contributed by atoms with van der Waals surface area (Å²) in [5.74, 6) is 0.213. The smallest absolute Gasteiger partial charge is 0.223 e. The number of nitrogens with two attached hydrogens (primary N) is 1. The van der Waals surface area contributed by atoms with Crippen LogP contribution in [-0.4, -0.2) is 40.8 Å². The maximum Gasteiger partial charge on any atom is 0.223 e. The molecule has 2 heterocycles. The van der Waals surface area contributed by atoms with E-state index in [9.17, 15) is 4.79 Å². The zero-order valence-electron chi connectivity index (χ0n) is 16.0. The third-order valence-corrected chi connectivity index (χ3v) is 6.43. The van der Waals surface area contributed by atoms with Crippen molar-refractivity contribution in [3.05, 3.63) is 30.6 Å². The van der Waals surface area contributed by atoms with Gasteiger partial charge in [-0.05, 0) is 63.1 Å². The van der Waals surface area contributed by atoms with Gasteiger partial charge in [0, 0.05) is 48.9 Å². The van der Waals surface area contributed by atoms with Crippen molar-refractivity contribution in [3.63, 3.8) is 0 Å². The normalized spacial score (nSPS) is 31.7. The predicted octanol–water partition coefficient (Wildman–Crippen LogP) is 2.78. The standard InChI is InChI=1S/C21H30N4O2/c1-27-19-13-15(4-9-18(19)22)21(26)24-16-5-7-17(8-6-16)25-12-10-14-3-2-11-23-20(14)25/h2-3,10-12,15-19H,4-9,13,22H2,1H3,(H,24,26)/t15-,16?,17?,18+,19+/m0/s1. The number of ether oxygens (including phenoxy) is 1. The van der Waals surface area contributed by atoms with Crippen molar-refractivity contribution in [1.82, 2.24) is 14.9 Å². The molecule has 2 aliphatic carbocycles. The Morgan fingerprint density at radius 3 is 2.81 bits per heavy atom. The number of carbonyl (C=O) groups excluding carboxylic acids is 1. The van der Waals surface area contributed by atoms with Crippen LogP contribution in [-0.2, 0) is 9.53 Å². The lowest BCUT2D eigenvalue weighted by Crippen LogP contribution is -2.47. The molecular formula is C21H30N4O2. The monoisotopic (exact) mass is 370 g/mol. The van der Waals surface area contributed by atoms with Crippen molar-refractivity contribution < 1.29 is 9.53 Å². The molecule has 2 aromatic rings. The first-order valence-corrected chi connectivity index (χ1v) is 10.2. The second kappa shape index (κ2) is 7.98. The van der Waals surface area contributed by atoms with Crippen LogP contribution in [0.4, 0.5) is 0 Å². The molecular weight excluding hydrogens is 340 g/mol. The molecule has 1 amide bonds. The Morgan fingerprint density at radius 2 is 2.04 bits per heavy atom. The van der Waals surface area contributed by atoms with Crippen molar-refractivity contribution in [1.29, 1.82) is 0 Å². The van der Waals surface area contributed by atoms with Crippen LogP contribution in [0.1, 0.15) is 51.0 Å². The summed E-state index contributed by atoms with van der Waals surface area (Å²) in [4.78, 5) is 17.2. The minimum absolute atomic E-state index is 0.000224. The summed E-state index contributed by atoms with van der Waals surface area (Å²) in [6, 6.07) is 7.02. The zero-order chi connectivity index (χ0) is 18.8. The van der Waals surface area contributed by atoms with Gasteiger partial charge in [0.25, 0.3) is 0 Å². The van der Waals surface area contributed by atoms with Gasteiger partial charge in [-0.15, -0.1) is 0 Å². The van der Waals surface area contributed by atoms with Crippen LogP contribution < -0.4 is 11.1 Å². The fourth-order valence-electron chi connectivity index (χ4n) is 4.76. The van der Waals surface area contributed by atoms with Crippen molar-refractivity contribution in [2.45, 2.75) is 69.2 Å². The lowest BCUT2D eigenvalue weighted by atomic mass is 9.83. The largest absolute Gasteiger partial charge is 0.380 e. The first-order valence-electron chi connectivity index (χ1n) is 10.2. The van der Waals surface area contributed by atoms with Crippen molar-refractivity contribution >= 4 is 16.9 Å². The van der Waals surface area contributed by atoms with Gasteiger partial charge < -0.3 is 20.4 Å². The van der Waals surface area contributed by atoms with E-state index < -0.39 is 0 Å². The molecule has 2 saturated carbocycles. The Kier molecular flexibility index (Phi) is 5.45. The molecule has 3 N–H and O–H groups in total. The molecule has 2 aliphatic rings. The second-order valence-electron chi connectivity index (χ2n) is 8.10. The molecule has 146 valence electrons. The summed E-state index contributed by atoms with van der Waals surface area (Å²) >= 11 is 0. The van der Waals surface area contributed by atoms with Gasteiger partial charge in [0.1, 0.15) is 5.65 Å². The van der Waals surface area contributed by atoms with E-state index in [0.29, 0.717) is 6.04 Å². The predicted molar refractivity (Wildman–Crippen MR) is 105 cm³/mol. The zero-order valence-corrected chi connectivity index (χ0v) is 16.0. The highest BCUT2D eigenvalue weighted by atomic mass is 16.5. The van der Waals surface area contributed by atoms with Crippen LogP contribution in [0.25, 0.3) is 11.0 Å². The van der Waals surface area contributed by atoms with E-state index in [4.69, 9.17) is 10.5 Å². The molecule has 0 radical (unpaired) electrons. The highest BCUT2D eigenvalue weighted by molar-refractivity contribution is 5.79. The summed E-state index contributed by atoms with van der Waals surface area (Å²) < 4.78 is 7.76. The van der Waals surface area contributed by atoms with E-state index in [-0.39, 0.29) is 30.0 Å². The maximum absolute atomic E-state index is 12.7. The number of nitrogens with one attached hydrogen (secondary N) is 1. The summed E-state index contributed by atoms with van der Waals surface area (Å²) in [6.07, 6.45) is 10.6. The molecule has 3 atom stereocenters. The molecule has 0 aromatic carbocycles. The molecule has 0 unspecified atom stereocenters. The summed E-state index contributed by atoms with van der Waals surface area (Å²) in [5.41, 5.74) is 7.14. The number of fused-ring (bicyclic) bond motifs is 1. The quantitative estimate of drug-likeness (QED) is 0.867. The third-order valence-electron chi connectivity index (χ3n) is 6.43. The molecule has 2 aromatic heterocycles. The van der Waals surface area contributed by atoms with Crippen LogP contribution >= 0.6 is 0 Å². The third kappa shape index (κ3) is 3.87. The molecule has 27 heavy (non-hydrogen) atoms. The van der Waals surface area contributed by atoms with E-state index in [1.54, 1.807) is 7.11 Å². The van der Waals surface area contributed by atoms with Crippen LogP contribution in [0.3, 0.4) is 0 Å². The van der Waals surface area contributed by atoms with E-state index in [2.05, 4.69) is 33.2 Å². The molecule has 0 saturated heterocycles. The van der Waals surface area contributed by atoms with Crippen LogP contribution in [0.15, 0.2) is 30.6 Å². The molecule has 2 fully saturated rings. The minimum atomic E-state index is -0.000224. The Balaban J connectivity index is 1.31. The molecule has 6 heteroatoms. The van der Waals surface area contributed by atoms with Crippen molar-refractivity contribution in [2.24, 2.45) is 11.7 Å². The first kappa shape index (κ1) is 18.4.